The van der Waals surface area contributed by atoms with Crippen LogP contribution >= 0.6 is 0 Å². The highest BCUT2D eigenvalue weighted by Crippen LogP contribution is 2.44. The van der Waals surface area contributed by atoms with Crippen LogP contribution in [0.25, 0.3) is 0 Å². The number of fused-ring (bicyclic) bond motifs is 2. The van der Waals surface area contributed by atoms with Gasteiger partial charge in [-0.1, -0.05) is 17.7 Å². The van der Waals surface area contributed by atoms with Gasteiger partial charge in [-0.2, -0.15) is 4.31 Å². The molecule has 1 aromatic carbocycles. The minimum Gasteiger partial charge on any atom is -0.300 e. The van der Waals surface area contributed by atoms with E-state index in [1.165, 1.54) is 0 Å². The molecule has 0 radical (unpaired) electrons. The van der Waals surface area contributed by atoms with Gasteiger partial charge in [0.2, 0.25) is 10.0 Å². The number of ketones is 1. The lowest BCUT2D eigenvalue weighted by molar-refractivity contribution is -0.122. The van der Waals surface area contributed by atoms with Gasteiger partial charge in [0.05, 0.1) is 4.90 Å². The zero-order valence-corrected chi connectivity index (χ0v) is 12.6. The highest BCUT2D eigenvalue weighted by Gasteiger charge is 2.50. The normalized spacial score (nSPS) is 29.8. The first-order valence-corrected chi connectivity index (χ1v) is 8.42. The van der Waals surface area contributed by atoms with E-state index in [-0.39, 0.29) is 23.7 Å². The molecule has 4 nitrogen and oxygen atoms in total. The molecule has 20 heavy (non-hydrogen) atoms. The van der Waals surface area contributed by atoms with Crippen molar-refractivity contribution in [3.8, 4) is 0 Å². The monoisotopic (exact) mass is 293 g/mol. The first-order valence-electron chi connectivity index (χ1n) is 6.98. The van der Waals surface area contributed by atoms with E-state index in [2.05, 4.69) is 0 Å². The molecule has 3 rings (SSSR count). The predicted molar refractivity (Wildman–Crippen MR) is 75.8 cm³/mol. The minimum atomic E-state index is -3.41. The highest BCUT2D eigenvalue weighted by atomic mass is 32.2. The van der Waals surface area contributed by atoms with Crippen LogP contribution < -0.4 is 0 Å². The molecule has 3 atom stereocenters. The molecule has 0 unspecified atom stereocenters. The number of hydrogen-bond acceptors (Lipinski definition) is 3. The summed E-state index contributed by atoms with van der Waals surface area (Å²) in [6.45, 7) is 4.04. The zero-order chi connectivity index (χ0) is 14.5. The first kappa shape index (κ1) is 13.8. The van der Waals surface area contributed by atoms with E-state index >= 15 is 0 Å². The molecule has 0 aromatic heterocycles. The summed E-state index contributed by atoms with van der Waals surface area (Å²) in [6.07, 6.45) is 1.51. The zero-order valence-electron chi connectivity index (χ0n) is 11.7. The standard InChI is InChI=1S/C15H19NO3S/c1-10-3-5-14(6-4-10)20(18,19)16-9-12-7-13(16)8-15(12)11(2)17/h3-6,12-13,15H,7-9H2,1-2H3/t12-,13+,15-/m0/s1. The van der Waals surface area contributed by atoms with Crippen LogP contribution in [0.3, 0.4) is 0 Å². The maximum Gasteiger partial charge on any atom is 0.243 e. The van der Waals surface area contributed by atoms with Gasteiger partial charge in [-0.05, 0) is 44.7 Å². The number of Topliss-reactive ketones (excluding diaryl/α,β-unsaturated/α-hetero) is 1. The van der Waals surface area contributed by atoms with Gasteiger partial charge in [-0.3, -0.25) is 4.79 Å². The Bertz CT molecular complexity index is 636. The summed E-state index contributed by atoms with van der Waals surface area (Å²) < 4.78 is 26.9. The topological polar surface area (TPSA) is 54.5 Å². The van der Waals surface area contributed by atoms with Crippen molar-refractivity contribution in [2.75, 3.05) is 6.54 Å². The van der Waals surface area contributed by atoms with Gasteiger partial charge in [0, 0.05) is 18.5 Å². The number of carbonyl (C=O) groups is 1. The summed E-state index contributed by atoms with van der Waals surface area (Å²) in [5.41, 5.74) is 1.04. The van der Waals surface area contributed by atoms with Crippen LogP contribution in [0.4, 0.5) is 0 Å². The molecular weight excluding hydrogens is 274 g/mol. The molecule has 5 heteroatoms. The lowest BCUT2D eigenvalue weighted by Crippen LogP contribution is -2.41. The smallest absolute Gasteiger partial charge is 0.243 e. The summed E-state index contributed by atoms with van der Waals surface area (Å²) in [7, 11) is -3.41. The summed E-state index contributed by atoms with van der Waals surface area (Å²) in [5.74, 6) is 0.465. The van der Waals surface area contributed by atoms with Crippen molar-refractivity contribution < 1.29 is 13.2 Å². The second-order valence-corrected chi connectivity index (χ2v) is 7.88. The Balaban J connectivity index is 1.85. The quantitative estimate of drug-likeness (QED) is 0.856. The van der Waals surface area contributed by atoms with Crippen LogP contribution in [0.15, 0.2) is 29.2 Å². The molecule has 2 aliphatic rings. The van der Waals surface area contributed by atoms with Crippen LogP contribution in [-0.4, -0.2) is 31.1 Å². The SMILES string of the molecule is CC(=O)[C@@H]1C[C@H]2C[C@H]1CN2S(=O)(=O)c1ccc(C)cc1. The van der Waals surface area contributed by atoms with Gasteiger partial charge in [0.15, 0.2) is 0 Å². The largest absolute Gasteiger partial charge is 0.300 e. The van der Waals surface area contributed by atoms with Crippen molar-refractivity contribution in [3.05, 3.63) is 29.8 Å². The van der Waals surface area contributed by atoms with E-state index in [0.29, 0.717) is 17.9 Å². The van der Waals surface area contributed by atoms with Crippen LogP contribution in [0.2, 0.25) is 0 Å². The summed E-state index contributed by atoms with van der Waals surface area (Å²) in [5, 5.41) is 0. The molecule has 0 N–H and O–H groups in total. The minimum absolute atomic E-state index is 0.000188. The summed E-state index contributed by atoms with van der Waals surface area (Å²) >= 11 is 0. The van der Waals surface area contributed by atoms with Crippen molar-refractivity contribution in [3.63, 3.8) is 0 Å². The maximum atomic E-state index is 12.7. The number of rotatable bonds is 3. The number of sulfonamides is 1. The Morgan fingerprint density at radius 1 is 1.20 bits per heavy atom. The van der Waals surface area contributed by atoms with Crippen LogP contribution in [0.1, 0.15) is 25.3 Å². The molecule has 1 aliphatic heterocycles. The molecule has 2 bridgehead atoms. The number of nitrogens with zero attached hydrogens (tertiary/aromatic N) is 1. The molecule has 1 heterocycles. The fraction of sp³-hybridized carbons (Fsp3) is 0.533. The Morgan fingerprint density at radius 2 is 1.85 bits per heavy atom. The van der Waals surface area contributed by atoms with E-state index in [1.807, 2.05) is 19.1 Å². The highest BCUT2D eigenvalue weighted by molar-refractivity contribution is 7.89. The van der Waals surface area contributed by atoms with E-state index < -0.39 is 10.0 Å². The lowest BCUT2D eigenvalue weighted by atomic mass is 9.92. The van der Waals surface area contributed by atoms with Gasteiger partial charge >= 0.3 is 0 Å². The van der Waals surface area contributed by atoms with Crippen LogP contribution in [-0.2, 0) is 14.8 Å². The number of benzene rings is 1. The maximum absolute atomic E-state index is 12.7. The predicted octanol–water partition coefficient (Wildman–Crippen LogP) is 1.98. The summed E-state index contributed by atoms with van der Waals surface area (Å²) in [4.78, 5) is 11.9. The average Bonchev–Trinajstić information content (AvgIpc) is 2.99. The van der Waals surface area contributed by atoms with E-state index in [1.54, 1.807) is 23.4 Å². The third kappa shape index (κ3) is 2.09. The van der Waals surface area contributed by atoms with Crippen molar-refractivity contribution >= 4 is 15.8 Å². The Morgan fingerprint density at radius 3 is 2.35 bits per heavy atom. The number of aryl methyl sites for hydroxylation is 1. The second-order valence-electron chi connectivity index (χ2n) is 5.99. The number of piperidine rings is 1. The molecule has 2 fully saturated rings. The Labute approximate surface area is 119 Å². The molecule has 1 aromatic rings. The van der Waals surface area contributed by atoms with Crippen molar-refractivity contribution in [1.29, 1.82) is 0 Å². The van der Waals surface area contributed by atoms with Gasteiger partial charge < -0.3 is 0 Å². The van der Waals surface area contributed by atoms with Gasteiger partial charge in [0.1, 0.15) is 5.78 Å². The molecule has 1 saturated heterocycles. The molecule has 1 aliphatic carbocycles. The van der Waals surface area contributed by atoms with Gasteiger partial charge in [-0.15, -0.1) is 0 Å². The Kier molecular flexibility index (Phi) is 3.21. The van der Waals surface area contributed by atoms with E-state index in [4.69, 9.17) is 0 Å². The molecule has 1 saturated carbocycles. The van der Waals surface area contributed by atoms with Gasteiger partial charge in [-0.25, -0.2) is 8.42 Å². The van der Waals surface area contributed by atoms with Crippen LogP contribution in [0.5, 0.6) is 0 Å². The fourth-order valence-electron chi connectivity index (χ4n) is 3.55. The lowest BCUT2D eigenvalue weighted by Gasteiger charge is -2.29. The molecular formula is C15H19NO3S. The number of hydrogen-bond donors (Lipinski definition) is 0. The first-order chi connectivity index (χ1) is 9.39. The molecule has 0 spiro atoms. The molecule has 0 amide bonds. The second kappa shape index (κ2) is 4.67. The molecule has 108 valence electrons. The third-order valence-electron chi connectivity index (χ3n) is 4.64. The van der Waals surface area contributed by atoms with Crippen molar-refractivity contribution in [2.24, 2.45) is 11.8 Å². The Hall–Kier alpha value is -1.20. The average molecular weight is 293 g/mol. The van der Waals surface area contributed by atoms with Gasteiger partial charge in [0.25, 0.3) is 0 Å². The summed E-state index contributed by atoms with van der Waals surface area (Å²) in [6, 6.07) is 6.97. The van der Waals surface area contributed by atoms with E-state index in [9.17, 15) is 13.2 Å². The van der Waals surface area contributed by atoms with Crippen molar-refractivity contribution in [2.45, 2.75) is 37.6 Å². The fourth-order valence-corrected chi connectivity index (χ4v) is 5.25. The van der Waals surface area contributed by atoms with Crippen molar-refractivity contribution in [1.82, 2.24) is 4.31 Å². The van der Waals surface area contributed by atoms with E-state index in [0.717, 1.165) is 12.0 Å². The third-order valence-corrected chi connectivity index (χ3v) is 6.57. The van der Waals surface area contributed by atoms with Crippen LogP contribution in [0, 0.1) is 18.8 Å². The number of carbonyl (C=O) groups excluding carboxylic acids is 1.